The molecular formula is C35H48N4O9S. The van der Waals surface area contributed by atoms with Crippen LogP contribution in [-0.4, -0.2) is 110 Å². The number of aliphatic hydroxyl groups is 3. The fourth-order valence-corrected chi connectivity index (χ4v) is 9.92. The van der Waals surface area contributed by atoms with Crippen LogP contribution in [0, 0.1) is 17.8 Å². The lowest BCUT2D eigenvalue weighted by Gasteiger charge is -2.54. The molecule has 0 spiro atoms. The van der Waals surface area contributed by atoms with Gasteiger partial charge in [0, 0.05) is 34.3 Å². The fourth-order valence-electron chi connectivity index (χ4n) is 8.39. The maximum atomic E-state index is 14.2. The molecule has 0 bridgehead atoms. The second kappa shape index (κ2) is 14.8. The second-order valence-corrected chi connectivity index (χ2v) is 15.3. The molecule has 0 saturated heterocycles. The Morgan fingerprint density at radius 2 is 1.82 bits per heavy atom. The van der Waals surface area contributed by atoms with E-state index in [0.29, 0.717) is 36.0 Å². The van der Waals surface area contributed by atoms with Gasteiger partial charge in [-0.3, -0.25) is 29.4 Å². The van der Waals surface area contributed by atoms with Gasteiger partial charge in [-0.2, -0.15) is 11.8 Å². The largest absolute Gasteiger partial charge is 0.510 e. The topological polar surface area (TPSA) is 223 Å². The third-order valence-corrected chi connectivity index (χ3v) is 12.3. The van der Waals surface area contributed by atoms with Crippen molar-refractivity contribution in [2.24, 2.45) is 23.5 Å². The van der Waals surface area contributed by atoms with Crippen LogP contribution in [0.2, 0.25) is 0 Å². The zero-order valence-corrected chi connectivity index (χ0v) is 29.0. The molecule has 1 saturated carbocycles. The molecule has 0 radical (unpaired) electrons. The number of nitrogens with one attached hydrogen (secondary N) is 2. The molecule has 13 nitrogen and oxygen atoms in total. The monoisotopic (exact) mass is 700 g/mol. The van der Waals surface area contributed by atoms with Crippen LogP contribution in [0.3, 0.4) is 0 Å². The number of nitrogens with zero attached hydrogens (tertiary/aromatic N) is 1. The van der Waals surface area contributed by atoms with Crippen LogP contribution >= 0.6 is 11.8 Å². The van der Waals surface area contributed by atoms with E-state index in [1.807, 2.05) is 6.07 Å². The molecule has 9 N–H and O–H groups in total. The minimum atomic E-state index is -2.71. The number of rotatable bonds is 13. The molecule has 1 aromatic carbocycles. The van der Waals surface area contributed by atoms with Crippen LogP contribution in [0.1, 0.15) is 73.7 Å². The number of hydrogen-bond donors (Lipinski definition) is 8. The summed E-state index contributed by atoms with van der Waals surface area (Å²) in [4.78, 5) is 54.3. The molecule has 0 heterocycles. The summed E-state index contributed by atoms with van der Waals surface area (Å²) in [6.07, 6.45) is 5.85. The van der Waals surface area contributed by atoms with Crippen molar-refractivity contribution in [1.82, 2.24) is 15.5 Å². The summed E-state index contributed by atoms with van der Waals surface area (Å²) in [6.45, 7) is 2.10. The minimum absolute atomic E-state index is 0.0337. The molecule has 0 aromatic heterocycles. The molecule has 1 aromatic rings. The van der Waals surface area contributed by atoms with Gasteiger partial charge in [0.15, 0.2) is 11.4 Å². The van der Waals surface area contributed by atoms with Gasteiger partial charge in [-0.1, -0.05) is 38.3 Å². The number of aromatic hydroxyl groups is 1. The van der Waals surface area contributed by atoms with Crippen molar-refractivity contribution in [1.29, 1.82) is 0 Å². The van der Waals surface area contributed by atoms with Crippen LogP contribution in [-0.2, 0) is 14.4 Å². The molecule has 5 rings (SSSR count). The molecular weight excluding hydrogens is 652 g/mol. The van der Waals surface area contributed by atoms with Gasteiger partial charge in [-0.25, -0.2) is 0 Å². The van der Waals surface area contributed by atoms with Crippen LogP contribution in [0.4, 0.5) is 0 Å². The van der Waals surface area contributed by atoms with E-state index in [-0.39, 0.29) is 35.9 Å². The molecule has 1 unspecified atom stereocenters. The zero-order chi connectivity index (χ0) is 35.8. The van der Waals surface area contributed by atoms with Gasteiger partial charge in [0.05, 0.1) is 18.3 Å². The van der Waals surface area contributed by atoms with Crippen molar-refractivity contribution in [3.63, 3.8) is 0 Å². The first kappa shape index (κ1) is 36.8. The molecule has 1 amide bonds. The summed E-state index contributed by atoms with van der Waals surface area (Å²) in [5.74, 6) is -7.74. The van der Waals surface area contributed by atoms with Crippen LogP contribution in [0.25, 0.3) is 0 Å². The van der Waals surface area contributed by atoms with E-state index in [4.69, 9.17) is 10.8 Å². The highest BCUT2D eigenvalue weighted by atomic mass is 32.2. The van der Waals surface area contributed by atoms with Gasteiger partial charge in [-0.15, -0.1) is 0 Å². The number of allylic oxidation sites excluding steroid dienone is 1. The Kier molecular flexibility index (Phi) is 11.1. The van der Waals surface area contributed by atoms with Crippen LogP contribution in [0.15, 0.2) is 40.9 Å². The predicted molar refractivity (Wildman–Crippen MR) is 183 cm³/mol. The number of Topliss-reactive ketones (excluding diaryl/α,β-unsaturated/α-hetero) is 2. The number of carbonyl (C=O) groups excluding carboxylic acids is 3. The first-order valence-electron chi connectivity index (χ1n) is 17.0. The molecule has 4 aliphatic carbocycles. The fraction of sp³-hybridized carbons (Fsp3) is 0.600. The number of hydrogen-bond acceptors (Lipinski definition) is 12. The van der Waals surface area contributed by atoms with Gasteiger partial charge in [0.25, 0.3) is 5.91 Å². The number of aliphatic carboxylic acids is 1. The summed E-state index contributed by atoms with van der Waals surface area (Å²) >= 11 is 1.79. The number of nitrogens with two attached hydrogens (primary N) is 1. The molecule has 7 atom stereocenters. The van der Waals surface area contributed by atoms with Gasteiger partial charge in [0.1, 0.15) is 28.9 Å². The maximum absolute atomic E-state index is 14.2. The van der Waals surface area contributed by atoms with Crippen molar-refractivity contribution in [3.05, 3.63) is 52.0 Å². The van der Waals surface area contributed by atoms with Crippen molar-refractivity contribution in [2.75, 3.05) is 33.1 Å². The number of aliphatic hydroxyl groups excluding tert-OH is 2. The summed E-state index contributed by atoms with van der Waals surface area (Å²) in [6, 6.07) is 2.86. The Balaban J connectivity index is 1.46. The normalized spacial score (nSPS) is 29.1. The number of phenols is 1. The van der Waals surface area contributed by atoms with Crippen molar-refractivity contribution < 1.29 is 44.7 Å². The Morgan fingerprint density at radius 3 is 2.47 bits per heavy atom. The Morgan fingerprint density at radius 1 is 1.12 bits per heavy atom. The van der Waals surface area contributed by atoms with Crippen LogP contribution < -0.4 is 16.4 Å². The Bertz CT molecular complexity index is 1550. The number of carboxylic acids is 1. The number of thioether (sulfide) groups is 1. The van der Waals surface area contributed by atoms with Gasteiger partial charge < -0.3 is 36.6 Å². The molecule has 14 heteroatoms. The second-order valence-electron chi connectivity index (χ2n) is 14.0. The lowest BCUT2D eigenvalue weighted by Crippen LogP contribution is -2.66. The summed E-state index contributed by atoms with van der Waals surface area (Å²) in [5, 5.41) is 61.7. The van der Waals surface area contributed by atoms with Crippen molar-refractivity contribution in [3.8, 4) is 5.75 Å². The number of carboxylic acid groups (broad SMARTS) is 1. The lowest BCUT2D eigenvalue weighted by atomic mass is 9.52. The average molecular weight is 701 g/mol. The number of phenolic OH excluding ortho intramolecular Hbond substituents is 1. The highest BCUT2D eigenvalue weighted by molar-refractivity contribution is 7.99. The van der Waals surface area contributed by atoms with Crippen molar-refractivity contribution >= 4 is 35.2 Å². The number of likely N-dealkylation sites (N-methyl/N-ethyl adjacent to an activating group) is 1. The van der Waals surface area contributed by atoms with Crippen LogP contribution in [0.5, 0.6) is 5.75 Å². The first-order chi connectivity index (χ1) is 23.2. The quantitative estimate of drug-likeness (QED) is 0.0842. The standard InChI is InChI=1S/C35H48N4O9S/c1-17-23-20(15-49-18-9-4-5-10-18)19-11-8-13-22(40)24(19)29(41)25(23)31(43)35(48)27(17)28(39(2)3)30(42)26(32(35)44)33(45)38-16-37-14-7-6-12-21(36)34(46)47/h8,11,13,17-18,20-21,23,27-28,37,40,42-43,48H,4-7,9-10,12,14-16,36H2,1-3H3,(H,38,45)(H,46,47)/t17-,20-,21?,23+,27-,28-,35-/m0/s1. The van der Waals surface area contributed by atoms with E-state index in [0.717, 1.165) is 25.7 Å². The van der Waals surface area contributed by atoms with Gasteiger partial charge in [0.2, 0.25) is 5.78 Å². The van der Waals surface area contributed by atoms with E-state index < -0.39 is 76.0 Å². The summed E-state index contributed by atoms with van der Waals surface area (Å²) in [7, 11) is 3.28. The molecule has 49 heavy (non-hydrogen) atoms. The van der Waals surface area contributed by atoms with Gasteiger partial charge in [-0.05, 0) is 63.9 Å². The molecule has 4 aliphatic rings. The highest BCUT2D eigenvalue weighted by Gasteiger charge is 2.66. The minimum Gasteiger partial charge on any atom is -0.510 e. The number of carbonyl (C=O) groups is 4. The molecule has 0 aliphatic heterocycles. The number of amides is 1. The van der Waals surface area contributed by atoms with E-state index in [1.165, 1.54) is 6.07 Å². The SMILES string of the molecule is C[C@H]1[C@H]2C(=C(O)[C@]3(O)C(=O)C(C(=O)NCNCCCCC(N)C(=O)O)=C(O)[C@@H](N(C)C)[C@H]13)C(=O)c1c(O)cccc1[C@@H]2CSC1CCCC1. The summed E-state index contributed by atoms with van der Waals surface area (Å²) < 4.78 is 0. The number of fused-ring (bicyclic) bond motifs is 3. The predicted octanol–water partition coefficient (Wildman–Crippen LogP) is 2.34. The number of unbranched alkanes of at least 4 members (excludes halogenated alkanes) is 1. The number of benzene rings is 1. The van der Waals surface area contributed by atoms with Gasteiger partial charge >= 0.3 is 5.97 Å². The lowest BCUT2D eigenvalue weighted by molar-refractivity contribution is -0.154. The maximum Gasteiger partial charge on any atom is 0.320 e. The smallest absolute Gasteiger partial charge is 0.320 e. The zero-order valence-electron chi connectivity index (χ0n) is 28.1. The molecule has 268 valence electrons. The first-order valence-corrected chi connectivity index (χ1v) is 18.0. The van der Waals surface area contributed by atoms with E-state index in [9.17, 15) is 39.6 Å². The van der Waals surface area contributed by atoms with E-state index in [1.54, 1.807) is 43.7 Å². The van der Waals surface area contributed by atoms with Crippen molar-refractivity contribution in [2.45, 2.75) is 80.7 Å². The Labute approximate surface area is 290 Å². The Hall–Kier alpha value is -3.43. The van der Waals surface area contributed by atoms with E-state index >= 15 is 0 Å². The third kappa shape index (κ3) is 6.61. The van der Waals surface area contributed by atoms with E-state index in [2.05, 4.69) is 10.6 Å². The molecule has 1 fully saturated rings. The number of ketones is 2. The third-order valence-electron chi connectivity index (χ3n) is 10.8. The highest BCUT2D eigenvalue weighted by Crippen LogP contribution is 2.58. The summed E-state index contributed by atoms with van der Waals surface area (Å²) in [5.41, 5.74) is 2.62. The average Bonchev–Trinajstić information content (AvgIpc) is 3.57.